The Kier molecular flexibility index (Phi) is 9.93. The van der Waals surface area contributed by atoms with E-state index in [1.165, 1.54) is 25.2 Å². The normalized spacial score (nSPS) is 22.7. The number of rotatable bonds is 12. The van der Waals surface area contributed by atoms with E-state index >= 15 is 4.39 Å². The predicted molar refractivity (Wildman–Crippen MR) is 167 cm³/mol. The fourth-order valence-electron chi connectivity index (χ4n) is 7.10. The molecule has 2 N–H and O–H groups in total. The zero-order valence-corrected chi connectivity index (χ0v) is 26.4. The molecule has 0 unspecified atom stereocenters. The summed E-state index contributed by atoms with van der Waals surface area (Å²) in [6.07, 6.45) is 8.92. The third kappa shape index (κ3) is 6.99. The van der Waals surface area contributed by atoms with Crippen LogP contribution in [0.15, 0.2) is 24.3 Å². The summed E-state index contributed by atoms with van der Waals surface area (Å²) in [5, 5.41) is 13.9. The molecule has 0 saturated carbocycles. The van der Waals surface area contributed by atoms with Gasteiger partial charge in [-0.25, -0.2) is 9.37 Å². The molecule has 2 aromatic rings. The fourth-order valence-corrected chi connectivity index (χ4v) is 7.10. The number of likely N-dealkylation sites (tertiary alicyclic amines) is 1. The molecule has 0 spiro atoms. The maximum atomic E-state index is 15.4. The third-order valence-corrected chi connectivity index (χ3v) is 10.2. The number of unbranched alkanes of at least 4 members (excludes halogenated alkanes) is 2. The highest BCUT2D eigenvalue weighted by Crippen LogP contribution is 2.42. The van der Waals surface area contributed by atoms with E-state index in [-0.39, 0.29) is 16.7 Å². The molecule has 2 fully saturated rings. The van der Waals surface area contributed by atoms with Crippen LogP contribution in [0.2, 0.25) is 0 Å². The number of ether oxygens (including phenoxy) is 2. The van der Waals surface area contributed by atoms with Gasteiger partial charge in [-0.15, -0.1) is 0 Å². The first-order chi connectivity index (χ1) is 20.6. The summed E-state index contributed by atoms with van der Waals surface area (Å²) in [5.74, 6) is -0.399. The summed E-state index contributed by atoms with van der Waals surface area (Å²) in [7, 11) is 3.56. The molecule has 3 aliphatic rings. The standard InChI is InChI=1S/C34H49FN4O4/c1-33(14-19-43-20-15-33)25-21-27(30(42-4)28(35)22-25)29(32(40)41)39-18-13-34(2,23-39)38(3)17-7-5-6-10-26-12-11-24-9-8-16-36-31(24)37-26/h11-12,21-22,29H,5-10,13-20,23H2,1-4H3,(H,36,37)(H,40,41)/t29-,34-/m1/s1. The Morgan fingerprint density at radius 1 is 1.21 bits per heavy atom. The van der Waals surface area contributed by atoms with E-state index in [1.54, 1.807) is 0 Å². The molecule has 0 amide bonds. The van der Waals surface area contributed by atoms with Crippen molar-refractivity contribution in [1.29, 1.82) is 0 Å². The Bertz CT molecular complexity index is 1280. The minimum atomic E-state index is -0.985. The van der Waals surface area contributed by atoms with Gasteiger partial charge >= 0.3 is 5.97 Å². The number of halogens is 1. The van der Waals surface area contributed by atoms with Crippen LogP contribution in [0.25, 0.3) is 0 Å². The van der Waals surface area contributed by atoms with Crippen LogP contribution in [0.4, 0.5) is 10.2 Å². The Balaban J connectivity index is 1.21. The molecule has 9 heteroatoms. The first-order valence-electron chi connectivity index (χ1n) is 16.0. The monoisotopic (exact) mass is 596 g/mol. The second kappa shape index (κ2) is 13.5. The van der Waals surface area contributed by atoms with Gasteiger partial charge < -0.3 is 19.9 Å². The van der Waals surface area contributed by atoms with E-state index in [2.05, 4.69) is 43.2 Å². The Hall–Kier alpha value is -2.75. The number of carboxylic acid groups (broad SMARTS) is 1. The van der Waals surface area contributed by atoms with Crippen molar-refractivity contribution in [3.63, 3.8) is 0 Å². The number of aliphatic carboxylic acids is 1. The first-order valence-corrected chi connectivity index (χ1v) is 16.0. The molecule has 0 radical (unpaired) electrons. The smallest absolute Gasteiger partial charge is 0.325 e. The molecule has 1 aromatic heterocycles. The van der Waals surface area contributed by atoms with Gasteiger partial charge in [-0.3, -0.25) is 14.6 Å². The van der Waals surface area contributed by atoms with Gasteiger partial charge in [-0.05, 0) is 107 Å². The lowest BCUT2D eigenvalue weighted by molar-refractivity contribution is -0.143. The molecule has 0 aliphatic carbocycles. The number of methoxy groups -OCH3 is 1. The number of anilines is 1. The molecule has 4 heterocycles. The van der Waals surface area contributed by atoms with E-state index in [1.807, 2.05) is 11.0 Å². The predicted octanol–water partition coefficient (Wildman–Crippen LogP) is 5.59. The van der Waals surface area contributed by atoms with Crippen molar-refractivity contribution in [2.45, 2.75) is 88.6 Å². The number of carboxylic acids is 1. The zero-order chi connectivity index (χ0) is 30.6. The van der Waals surface area contributed by atoms with E-state index in [0.717, 1.165) is 81.5 Å². The lowest BCUT2D eigenvalue weighted by atomic mass is 9.75. The first kappa shape index (κ1) is 31.7. The molecule has 0 bridgehead atoms. The van der Waals surface area contributed by atoms with Gasteiger partial charge in [0.25, 0.3) is 0 Å². The van der Waals surface area contributed by atoms with Crippen molar-refractivity contribution in [2.75, 3.05) is 58.9 Å². The average molecular weight is 597 g/mol. The number of hydrogen-bond acceptors (Lipinski definition) is 7. The van der Waals surface area contributed by atoms with Gasteiger partial charge in [0.1, 0.15) is 11.9 Å². The summed E-state index contributed by atoms with van der Waals surface area (Å²) in [5.41, 5.74) is 3.25. The van der Waals surface area contributed by atoms with Crippen LogP contribution >= 0.6 is 0 Å². The highest BCUT2D eigenvalue weighted by atomic mass is 19.1. The number of aryl methyl sites for hydroxylation is 2. The molecule has 236 valence electrons. The second-order valence-electron chi connectivity index (χ2n) is 13.3. The topological polar surface area (TPSA) is 87.2 Å². The molecular weight excluding hydrogens is 547 g/mol. The number of likely N-dealkylation sites (N-methyl/N-ethyl adjacent to an activating group) is 1. The SMILES string of the molecule is COc1c(F)cc(C2(C)CCOCC2)cc1[C@H](C(=O)O)N1CC[C@@](C)(N(C)CCCCCc2ccc3c(n2)NCCC3)C1. The maximum absolute atomic E-state index is 15.4. The minimum absolute atomic E-state index is 0.0259. The van der Waals surface area contributed by atoms with Crippen molar-refractivity contribution in [1.82, 2.24) is 14.8 Å². The van der Waals surface area contributed by atoms with Crippen LogP contribution in [0.3, 0.4) is 0 Å². The number of nitrogens with zero attached hydrogens (tertiary/aromatic N) is 3. The van der Waals surface area contributed by atoms with Gasteiger partial charge in [0.15, 0.2) is 11.6 Å². The number of hydrogen-bond donors (Lipinski definition) is 2. The number of aromatic nitrogens is 1. The summed E-state index contributed by atoms with van der Waals surface area (Å²) >= 11 is 0. The number of fused-ring (bicyclic) bond motifs is 1. The summed E-state index contributed by atoms with van der Waals surface area (Å²) in [6, 6.07) is 6.80. The number of nitrogens with one attached hydrogen (secondary N) is 1. The minimum Gasteiger partial charge on any atom is -0.493 e. The lowest BCUT2D eigenvalue weighted by Gasteiger charge is -2.37. The number of pyridine rings is 1. The molecule has 43 heavy (non-hydrogen) atoms. The van der Waals surface area contributed by atoms with Gasteiger partial charge in [-0.1, -0.05) is 19.4 Å². The van der Waals surface area contributed by atoms with Crippen molar-refractivity contribution in [2.24, 2.45) is 0 Å². The molecule has 2 atom stereocenters. The third-order valence-electron chi connectivity index (χ3n) is 10.2. The summed E-state index contributed by atoms with van der Waals surface area (Å²) < 4.78 is 26.5. The van der Waals surface area contributed by atoms with Gasteiger partial charge in [0.05, 0.1) is 7.11 Å². The van der Waals surface area contributed by atoms with Crippen LogP contribution in [-0.4, -0.2) is 84.9 Å². The van der Waals surface area contributed by atoms with Crippen LogP contribution in [0, 0.1) is 5.82 Å². The van der Waals surface area contributed by atoms with Gasteiger partial charge in [0, 0.05) is 49.6 Å². The second-order valence-corrected chi connectivity index (χ2v) is 13.3. The van der Waals surface area contributed by atoms with E-state index in [4.69, 9.17) is 14.5 Å². The fraction of sp³-hybridized carbons (Fsp3) is 0.647. The molecule has 1 aromatic carbocycles. The highest BCUT2D eigenvalue weighted by molar-refractivity contribution is 5.77. The van der Waals surface area contributed by atoms with E-state index in [9.17, 15) is 9.90 Å². The van der Waals surface area contributed by atoms with Crippen LogP contribution in [0.1, 0.15) is 87.2 Å². The summed E-state index contributed by atoms with van der Waals surface area (Å²) in [6.45, 7) is 8.71. The van der Waals surface area contributed by atoms with Crippen molar-refractivity contribution in [3.05, 3.63) is 52.5 Å². The summed E-state index contributed by atoms with van der Waals surface area (Å²) in [4.78, 5) is 22.0. The average Bonchev–Trinajstić information content (AvgIpc) is 3.39. The molecule has 5 rings (SSSR count). The van der Waals surface area contributed by atoms with Crippen molar-refractivity contribution >= 4 is 11.8 Å². The largest absolute Gasteiger partial charge is 0.493 e. The Morgan fingerprint density at radius 3 is 2.74 bits per heavy atom. The van der Waals surface area contributed by atoms with Crippen molar-refractivity contribution < 1.29 is 23.8 Å². The molecule has 8 nitrogen and oxygen atoms in total. The van der Waals surface area contributed by atoms with Crippen LogP contribution < -0.4 is 10.1 Å². The van der Waals surface area contributed by atoms with E-state index < -0.39 is 17.8 Å². The highest BCUT2D eigenvalue weighted by Gasteiger charge is 2.44. The van der Waals surface area contributed by atoms with Crippen LogP contribution in [-0.2, 0) is 27.8 Å². The van der Waals surface area contributed by atoms with Gasteiger partial charge in [-0.2, -0.15) is 0 Å². The number of benzene rings is 1. The molecule has 2 saturated heterocycles. The van der Waals surface area contributed by atoms with Gasteiger partial charge in [0.2, 0.25) is 0 Å². The number of carbonyl (C=O) groups is 1. The lowest BCUT2D eigenvalue weighted by Crippen LogP contribution is -2.47. The molecule has 3 aliphatic heterocycles. The van der Waals surface area contributed by atoms with Crippen LogP contribution in [0.5, 0.6) is 5.75 Å². The molecular formula is C34H49FN4O4. The van der Waals surface area contributed by atoms with E-state index in [0.29, 0.717) is 31.9 Å². The zero-order valence-electron chi connectivity index (χ0n) is 26.4. The quantitative estimate of drug-likeness (QED) is 0.307. The Morgan fingerprint density at radius 2 is 2.00 bits per heavy atom. The Labute approximate surface area is 256 Å². The van der Waals surface area contributed by atoms with Crippen molar-refractivity contribution in [3.8, 4) is 5.75 Å². The maximum Gasteiger partial charge on any atom is 0.325 e.